The number of rotatable bonds is 2. The molecular weight excluding hydrogens is 180 g/mol. The van der Waals surface area contributed by atoms with Crippen molar-refractivity contribution in [2.24, 2.45) is 0 Å². The molecule has 0 fully saturated rings. The molecular formula is C4H4N6OS. The molecule has 2 heterocycles. The van der Waals surface area contributed by atoms with Gasteiger partial charge in [-0.1, -0.05) is 15.5 Å². The van der Waals surface area contributed by atoms with Gasteiger partial charge >= 0.3 is 0 Å². The van der Waals surface area contributed by atoms with Gasteiger partial charge < -0.3 is 4.52 Å². The summed E-state index contributed by atoms with van der Waals surface area (Å²) in [7, 11) is 0. The summed E-state index contributed by atoms with van der Waals surface area (Å²) in [4.78, 5) is 3.81. The summed E-state index contributed by atoms with van der Waals surface area (Å²) in [5.41, 5.74) is 0. The summed E-state index contributed by atoms with van der Waals surface area (Å²) in [6.45, 7) is 0.391. The first kappa shape index (κ1) is 7.10. The number of nitrogens with zero attached hydrogens (tertiary/aromatic N) is 5. The topological polar surface area (TPSA) is 85.4 Å². The Morgan fingerprint density at radius 3 is 3.17 bits per heavy atom. The van der Waals surface area contributed by atoms with Crippen LogP contribution in [0.5, 0.6) is 0 Å². The lowest BCUT2D eigenvalue weighted by Gasteiger charge is -1.92. The van der Waals surface area contributed by atoms with Crippen molar-refractivity contribution in [2.75, 3.05) is 0 Å². The quantitative estimate of drug-likeness (QED) is 0.649. The number of H-pyrrole nitrogens is 1. The zero-order chi connectivity index (χ0) is 8.39. The lowest BCUT2D eigenvalue weighted by Crippen LogP contribution is -2.03. The van der Waals surface area contributed by atoms with Gasteiger partial charge in [-0.05, 0) is 12.2 Å². The molecule has 0 atom stereocenters. The first-order valence-corrected chi connectivity index (χ1v) is 3.50. The minimum absolute atomic E-state index is 0.361. The number of hydrogen-bond acceptors (Lipinski definition) is 6. The van der Waals surface area contributed by atoms with Crippen molar-refractivity contribution in [3.63, 3.8) is 0 Å². The Balaban J connectivity index is 2.25. The summed E-state index contributed by atoms with van der Waals surface area (Å²) in [5, 5.41) is 13.3. The van der Waals surface area contributed by atoms with Crippen LogP contribution in [-0.2, 0) is 6.54 Å². The Kier molecular flexibility index (Phi) is 1.67. The molecule has 0 spiro atoms. The highest BCUT2D eigenvalue weighted by molar-refractivity contribution is 7.71. The molecule has 0 bridgehead atoms. The molecule has 62 valence electrons. The Bertz CT molecular complexity index is 401. The smallest absolute Gasteiger partial charge is 0.238 e. The summed E-state index contributed by atoms with van der Waals surface area (Å²) in [5.74, 6) is 0.525. The fourth-order valence-electron chi connectivity index (χ4n) is 0.722. The van der Waals surface area contributed by atoms with E-state index in [-0.39, 0.29) is 0 Å². The highest BCUT2D eigenvalue weighted by Crippen LogP contribution is 1.92. The van der Waals surface area contributed by atoms with Gasteiger partial charge in [0.05, 0.1) is 0 Å². The van der Waals surface area contributed by atoms with E-state index in [9.17, 15) is 0 Å². The van der Waals surface area contributed by atoms with Crippen LogP contribution in [-0.4, -0.2) is 30.3 Å². The normalized spacial score (nSPS) is 10.3. The van der Waals surface area contributed by atoms with Gasteiger partial charge in [0.2, 0.25) is 11.2 Å². The maximum atomic E-state index is 4.83. The van der Waals surface area contributed by atoms with Crippen LogP contribution < -0.4 is 0 Å². The van der Waals surface area contributed by atoms with Gasteiger partial charge in [-0.25, -0.2) is 4.68 Å². The van der Waals surface area contributed by atoms with Gasteiger partial charge in [0.1, 0.15) is 6.54 Å². The van der Waals surface area contributed by atoms with Gasteiger partial charge in [-0.2, -0.15) is 10.2 Å². The molecule has 2 aromatic heterocycles. The Morgan fingerprint density at radius 2 is 2.58 bits per heavy atom. The second kappa shape index (κ2) is 2.81. The van der Waals surface area contributed by atoms with Crippen LogP contribution >= 0.6 is 12.2 Å². The summed E-state index contributed by atoms with van der Waals surface area (Å²) in [6.07, 6.45) is 1.25. The van der Waals surface area contributed by atoms with Crippen LogP contribution in [0.3, 0.4) is 0 Å². The average molecular weight is 184 g/mol. The molecule has 0 saturated carbocycles. The molecule has 2 rings (SSSR count). The van der Waals surface area contributed by atoms with E-state index in [4.69, 9.17) is 12.2 Å². The standard InChI is InChI=1S/C4H4N6OS/c12-4-6-8-9-10(4)1-3-5-2-11-7-3/h2H,1H2,(H,6,9,12). The monoisotopic (exact) mass is 184 g/mol. The van der Waals surface area contributed by atoms with E-state index < -0.39 is 0 Å². The molecule has 0 aliphatic carbocycles. The van der Waals surface area contributed by atoms with Crippen molar-refractivity contribution in [3.8, 4) is 0 Å². The highest BCUT2D eigenvalue weighted by atomic mass is 32.1. The largest absolute Gasteiger partial charge is 0.343 e. The van der Waals surface area contributed by atoms with Crippen LogP contribution in [0.2, 0.25) is 0 Å². The first-order chi connectivity index (χ1) is 5.86. The molecule has 0 radical (unpaired) electrons. The minimum atomic E-state index is 0.361. The highest BCUT2D eigenvalue weighted by Gasteiger charge is 2.01. The predicted octanol–water partition coefficient (Wildman–Crippen LogP) is -0.233. The van der Waals surface area contributed by atoms with E-state index in [0.29, 0.717) is 17.1 Å². The predicted molar refractivity (Wildman–Crippen MR) is 38.6 cm³/mol. The van der Waals surface area contributed by atoms with Crippen LogP contribution in [0.15, 0.2) is 10.9 Å². The molecule has 0 aromatic carbocycles. The van der Waals surface area contributed by atoms with Crippen LogP contribution in [0.25, 0.3) is 0 Å². The average Bonchev–Trinajstić information content (AvgIpc) is 2.65. The van der Waals surface area contributed by atoms with Crippen LogP contribution in [0.1, 0.15) is 5.82 Å². The molecule has 1 N–H and O–H groups in total. The van der Waals surface area contributed by atoms with E-state index >= 15 is 0 Å². The lowest BCUT2D eigenvalue weighted by atomic mass is 10.6. The Labute approximate surface area is 71.4 Å². The third-order valence-electron chi connectivity index (χ3n) is 1.24. The van der Waals surface area contributed by atoms with Crippen molar-refractivity contribution in [2.45, 2.75) is 6.54 Å². The summed E-state index contributed by atoms with van der Waals surface area (Å²) in [6, 6.07) is 0. The SMILES string of the molecule is S=c1nn[nH]n1Cc1ncon1. The molecule has 2 aromatic rings. The maximum Gasteiger partial charge on any atom is 0.238 e. The molecule has 0 unspecified atom stereocenters. The number of aromatic nitrogens is 6. The van der Waals surface area contributed by atoms with Crippen molar-refractivity contribution in [1.29, 1.82) is 0 Å². The van der Waals surface area contributed by atoms with Gasteiger partial charge in [0.25, 0.3) is 0 Å². The van der Waals surface area contributed by atoms with Gasteiger partial charge in [-0.3, -0.25) is 0 Å². The van der Waals surface area contributed by atoms with Gasteiger partial charge in [0.15, 0.2) is 5.82 Å². The van der Waals surface area contributed by atoms with E-state index in [1.54, 1.807) is 0 Å². The van der Waals surface area contributed by atoms with E-state index in [0.717, 1.165) is 0 Å². The molecule has 12 heavy (non-hydrogen) atoms. The third-order valence-corrected chi connectivity index (χ3v) is 1.54. The molecule has 0 saturated heterocycles. The van der Waals surface area contributed by atoms with E-state index in [2.05, 4.69) is 30.2 Å². The minimum Gasteiger partial charge on any atom is -0.343 e. The fourth-order valence-corrected chi connectivity index (χ4v) is 0.869. The van der Waals surface area contributed by atoms with Crippen LogP contribution in [0, 0.1) is 4.77 Å². The molecule has 0 aliphatic rings. The van der Waals surface area contributed by atoms with Crippen LogP contribution in [0.4, 0.5) is 0 Å². The van der Waals surface area contributed by atoms with Crippen molar-refractivity contribution in [3.05, 3.63) is 17.0 Å². The third kappa shape index (κ3) is 1.23. The van der Waals surface area contributed by atoms with Crippen molar-refractivity contribution < 1.29 is 4.52 Å². The number of aromatic amines is 1. The second-order valence-corrected chi connectivity index (χ2v) is 2.38. The summed E-state index contributed by atoms with van der Waals surface area (Å²) >= 11 is 4.83. The lowest BCUT2D eigenvalue weighted by molar-refractivity contribution is 0.406. The van der Waals surface area contributed by atoms with E-state index in [1.807, 2.05) is 0 Å². The molecule has 0 aliphatic heterocycles. The summed E-state index contributed by atoms with van der Waals surface area (Å²) < 4.78 is 6.43. The first-order valence-electron chi connectivity index (χ1n) is 3.09. The Hall–Kier alpha value is -1.57. The zero-order valence-corrected chi connectivity index (χ0v) is 6.65. The number of hydrogen-bond donors (Lipinski definition) is 1. The number of nitrogens with one attached hydrogen (secondary N) is 1. The fraction of sp³-hybridized carbons (Fsp3) is 0.250. The van der Waals surface area contributed by atoms with Gasteiger partial charge in [-0.15, -0.1) is 0 Å². The number of tetrazole rings is 1. The van der Waals surface area contributed by atoms with Gasteiger partial charge in [0, 0.05) is 0 Å². The van der Waals surface area contributed by atoms with Crippen molar-refractivity contribution >= 4 is 12.2 Å². The molecule has 8 heteroatoms. The van der Waals surface area contributed by atoms with Crippen molar-refractivity contribution in [1.82, 2.24) is 30.3 Å². The molecule has 0 amide bonds. The molecule has 7 nitrogen and oxygen atoms in total. The maximum absolute atomic E-state index is 4.83. The van der Waals surface area contributed by atoms with E-state index in [1.165, 1.54) is 11.1 Å². The second-order valence-electron chi connectivity index (χ2n) is 2.02. The zero-order valence-electron chi connectivity index (χ0n) is 5.84. The Morgan fingerprint density at radius 1 is 1.67 bits per heavy atom.